The zero-order valence-corrected chi connectivity index (χ0v) is 18.3. The number of likely N-dealkylation sites (tertiary alicyclic amines) is 1. The lowest BCUT2D eigenvalue weighted by Gasteiger charge is -2.16. The summed E-state index contributed by atoms with van der Waals surface area (Å²) in [6.45, 7) is 6.46. The number of hydrogen-bond donors (Lipinski definition) is 3. The van der Waals surface area contributed by atoms with Gasteiger partial charge in [-0.15, -0.1) is 0 Å². The largest absolute Gasteiger partial charge is 0.494 e. The highest BCUT2D eigenvalue weighted by Crippen LogP contribution is 2.14. The van der Waals surface area contributed by atoms with Crippen LogP contribution in [0.5, 0.6) is 5.75 Å². The molecule has 0 unspecified atom stereocenters. The van der Waals surface area contributed by atoms with Gasteiger partial charge >= 0.3 is 6.03 Å². The molecule has 1 aliphatic heterocycles. The average Bonchev–Trinajstić information content (AvgIpc) is 3.33. The number of nitrogens with zero attached hydrogens (tertiary/aromatic N) is 2. The highest BCUT2D eigenvalue weighted by atomic mass is 16.5. The second-order valence-electron chi connectivity index (χ2n) is 7.46. The number of hydrogen-bond acceptors (Lipinski definition) is 3. The maximum absolute atomic E-state index is 12.3. The molecule has 31 heavy (non-hydrogen) atoms. The van der Waals surface area contributed by atoms with E-state index in [4.69, 9.17) is 4.74 Å². The molecule has 7 nitrogen and oxygen atoms in total. The van der Waals surface area contributed by atoms with Crippen molar-refractivity contribution in [3.63, 3.8) is 0 Å². The summed E-state index contributed by atoms with van der Waals surface area (Å²) in [6, 6.07) is 17.7. The van der Waals surface area contributed by atoms with Gasteiger partial charge in [-0.1, -0.05) is 30.3 Å². The van der Waals surface area contributed by atoms with E-state index < -0.39 is 0 Å². The zero-order chi connectivity index (χ0) is 21.7. The summed E-state index contributed by atoms with van der Waals surface area (Å²) < 4.78 is 5.72. The van der Waals surface area contributed by atoms with Gasteiger partial charge in [0.15, 0.2) is 5.96 Å². The number of carbonyl (C=O) groups is 1. The van der Waals surface area contributed by atoms with Gasteiger partial charge in [0, 0.05) is 31.9 Å². The Labute approximate surface area is 184 Å². The highest BCUT2D eigenvalue weighted by Gasteiger charge is 2.17. The number of anilines is 1. The van der Waals surface area contributed by atoms with Gasteiger partial charge in [0.1, 0.15) is 5.75 Å². The van der Waals surface area contributed by atoms with Gasteiger partial charge < -0.3 is 25.6 Å². The number of ether oxygens (including phenoxy) is 1. The van der Waals surface area contributed by atoms with Crippen molar-refractivity contribution in [3.8, 4) is 5.75 Å². The molecule has 0 saturated carbocycles. The minimum atomic E-state index is -0.0223. The first-order valence-electron chi connectivity index (χ1n) is 11.1. The monoisotopic (exact) mass is 423 g/mol. The number of nitrogens with one attached hydrogen (secondary N) is 3. The Morgan fingerprint density at radius 2 is 1.87 bits per heavy atom. The molecule has 1 aliphatic rings. The molecule has 0 atom stereocenters. The van der Waals surface area contributed by atoms with Gasteiger partial charge in [-0.05, 0) is 56.0 Å². The molecular formula is C24H33N5O2. The molecule has 3 rings (SSSR count). The van der Waals surface area contributed by atoms with Gasteiger partial charge in [0.2, 0.25) is 0 Å². The number of para-hydroxylation sites is 1. The molecule has 0 bridgehead atoms. The molecule has 0 radical (unpaired) electrons. The summed E-state index contributed by atoms with van der Waals surface area (Å²) in [6.07, 6.45) is 3.04. The Morgan fingerprint density at radius 3 is 2.65 bits per heavy atom. The van der Waals surface area contributed by atoms with Crippen molar-refractivity contribution in [2.45, 2.75) is 32.7 Å². The third-order valence-corrected chi connectivity index (χ3v) is 4.96. The molecule has 1 saturated heterocycles. The van der Waals surface area contributed by atoms with Crippen LogP contribution in [0.3, 0.4) is 0 Å². The second kappa shape index (κ2) is 12.5. The quantitative estimate of drug-likeness (QED) is 0.325. The van der Waals surface area contributed by atoms with E-state index in [1.54, 1.807) is 0 Å². The lowest BCUT2D eigenvalue weighted by molar-refractivity contribution is 0.222. The van der Waals surface area contributed by atoms with Crippen LogP contribution in [0.1, 0.15) is 31.7 Å². The van der Waals surface area contributed by atoms with Crippen molar-refractivity contribution < 1.29 is 9.53 Å². The van der Waals surface area contributed by atoms with Crippen LogP contribution in [-0.4, -0.2) is 49.7 Å². The molecule has 1 heterocycles. The Morgan fingerprint density at radius 1 is 1.06 bits per heavy atom. The molecule has 7 heteroatoms. The van der Waals surface area contributed by atoms with Crippen molar-refractivity contribution in [3.05, 3.63) is 60.2 Å². The summed E-state index contributed by atoms with van der Waals surface area (Å²) in [7, 11) is 0. The van der Waals surface area contributed by atoms with Crippen LogP contribution in [-0.2, 0) is 6.54 Å². The molecule has 0 spiro atoms. The minimum absolute atomic E-state index is 0.0223. The standard InChI is InChI=1S/C24H33N5O2/c1-2-25-23(26-14-9-17-31-22-12-4-3-5-13-22)27-19-20-10-8-11-21(18-20)28-24(30)29-15-6-7-16-29/h3-5,8,10-13,18H,2,6-7,9,14-17,19H2,1H3,(H,28,30)(H2,25,26,27). The number of benzene rings is 2. The SMILES string of the molecule is CCNC(=NCc1cccc(NC(=O)N2CCCC2)c1)NCCCOc1ccccc1. The summed E-state index contributed by atoms with van der Waals surface area (Å²) in [5.41, 5.74) is 1.85. The Kier molecular flexibility index (Phi) is 9.04. The fraction of sp³-hybridized carbons (Fsp3) is 0.417. The lowest BCUT2D eigenvalue weighted by Crippen LogP contribution is -2.38. The molecule has 166 valence electrons. The van der Waals surface area contributed by atoms with Crippen LogP contribution in [0.4, 0.5) is 10.5 Å². The molecule has 0 aliphatic carbocycles. The highest BCUT2D eigenvalue weighted by molar-refractivity contribution is 5.89. The fourth-order valence-electron chi connectivity index (χ4n) is 3.37. The Balaban J connectivity index is 1.45. The maximum atomic E-state index is 12.3. The number of guanidine groups is 1. The predicted molar refractivity (Wildman–Crippen MR) is 126 cm³/mol. The summed E-state index contributed by atoms with van der Waals surface area (Å²) in [5, 5.41) is 9.60. The molecule has 2 aromatic carbocycles. The molecular weight excluding hydrogens is 390 g/mol. The minimum Gasteiger partial charge on any atom is -0.494 e. The van der Waals surface area contributed by atoms with Gasteiger partial charge in [0.25, 0.3) is 0 Å². The van der Waals surface area contributed by atoms with E-state index in [9.17, 15) is 4.79 Å². The number of aliphatic imine (C=N–C) groups is 1. The van der Waals surface area contributed by atoms with E-state index in [2.05, 4.69) is 20.9 Å². The van der Waals surface area contributed by atoms with Crippen molar-refractivity contribution in [1.82, 2.24) is 15.5 Å². The van der Waals surface area contributed by atoms with Gasteiger partial charge in [-0.3, -0.25) is 0 Å². The molecule has 2 aromatic rings. The van der Waals surface area contributed by atoms with Crippen molar-refractivity contribution >= 4 is 17.7 Å². The van der Waals surface area contributed by atoms with Crippen LogP contribution < -0.4 is 20.7 Å². The predicted octanol–water partition coefficient (Wildman–Crippen LogP) is 3.84. The summed E-state index contributed by atoms with van der Waals surface area (Å²) >= 11 is 0. The van der Waals surface area contributed by atoms with Crippen LogP contribution >= 0.6 is 0 Å². The van der Waals surface area contributed by atoms with Crippen LogP contribution in [0.2, 0.25) is 0 Å². The summed E-state index contributed by atoms with van der Waals surface area (Å²) in [4.78, 5) is 18.8. The lowest BCUT2D eigenvalue weighted by atomic mass is 10.2. The smallest absolute Gasteiger partial charge is 0.321 e. The van der Waals surface area contributed by atoms with Gasteiger partial charge in [0.05, 0.1) is 13.2 Å². The first-order chi connectivity index (χ1) is 15.2. The van der Waals surface area contributed by atoms with Crippen LogP contribution in [0.25, 0.3) is 0 Å². The third kappa shape index (κ3) is 7.85. The molecule has 3 N–H and O–H groups in total. The first-order valence-corrected chi connectivity index (χ1v) is 11.1. The summed E-state index contributed by atoms with van der Waals surface area (Å²) in [5.74, 6) is 1.66. The van der Waals surface area contributed by atoms with Crippen molar-refractivity contribution in [1.29, 1.82) is 0 Å². The average molecular weight is 424 g/mol. The number of carbonyl (C=O) groups excluding carboxylic acids is 1. The number of rotatable bonds is 9. The van der Waals surface area contributed by atoms with E-state index in [0.29, 0.717) is 13.2 Å². The fourth-order valence-corrected chi connectivity index (χ4v) is 3.37. The molecule has 2 amide bonds. The van der Waals surface area contributed by atoms with Crippen LogP contribution in [0.15, 0.2) is 59.6 Å². The Hall–Kier alpha value is -3.22. The van der Waals surface area contributed by atoms with E-state index in [1.807, 2.05) is 66.4 Å². The van der Waals surface area contributed by atoms with E-state index >= 15 is 0 Å². The van der Waals surface area contributed by atoms with E-state index in [1.165, 1.54) is 0 Å². The zero-order valence-electron chi connectivity index (χ0n) is 18.3. The van der Waals surface area contributed by atoms with Gasteiger partial charge in [-0.2, -0.15) is 0 Å². The van der Waals surface area contributed by atoms with Crippen molar-refractivity contribution in [2.75, 3.05) is 38.1 Å². The van der Waals surface area contributed by atoms with E-state index in [-0.39, 0.29) is 6.03 Å². The number of urea groups is 1. The first kappa shape index (κ1) is 22.5. The molecule has 1 fully saturated rings. The van der Waals surface area contributed by atoms with Crippen molar-refractivity contribution in [2.24, 2.45) is 4.99 Å². The third-order valence-electron chi connectivity index (χ3n) is 4.96. The maximum Gasteiger partial charge on any atom is 0.321 e. The van der Waals surface area contributed by atoms with E-state index in [0.717, 1.165) is 68.4 Å². The van der Waals surface area contributed by atoms with Crippen LogP contribution in [0, 0.1) is 0 Å². The topological polar surface area (TPSA) is 78.0 Å². The van der Waals surface area contributed by atoms with Gasteiger partial charge in [-0.25, -0.2) is 9.79 Å². The molecule has 0 aromatic heterocycles. The Bertz CT molecular complexity index is 835. The normalized spacial score (nSPS) is 13.7. The number of amides is 2. The second-order valence-corrected chi connectivity index (χ2v) is 7.46.